The maximum Gasteiger partial charge on any atom is 0.257 e. The van der Waals surface area contributed by atoms with Crippen LogP contribution in [0.1, 0.15) is 17.3 Å². The number of para-hydroxylation sites is 1. The largest absolute Gasteiger partial charge is 0.483 e. The molecule has 0 radical (unpaired) electrons. The lowest BCUT2D eigenvalue weighted by molar-refractivity contribution is -0.122. The Hall–Kier alpha value is -2.27. The monoisotopic (exact) mass is 329 g/mol. The molecule has 0 atom stereocenters. The fourth-order valence-corrected chi connectivity index (χ4v) is 2.74. The van der Waals surface area contributed by atoms with Crippen molar-refractivity contribution in [2.45, 2.75) is 11.8 Å². The first-order valence-corrected chi connectivity index (χ1v) is 8.32. The number of thioether (sulfide) groups is 1. The van der Waals surface area contributed by atoms with Gasteiger partial charge in [-0.05, 0) is 31.2 Å². The normalized spacial score (nSPS) is 10.1. The summed E-state index contributed by atoms with van der Waals surface area (Å²) >= 11 is 1.68. The van der Waals surface area contributed by atoms with Gasteiger partial charge in [-0.15, -0.1) is 11.8 Å². The molecular weight excluding hydrogens is 310 g/mol. The van der Waals surface area contributed by atoms with Crippen LogP contribution in [0.3, 0.4) is 0 Å². The zero-order chi connectivity index (χ0) is 16.5. The number of carbonyl (C=O) groups excluding carboxylic acids is 2. The fraction of sp³-hybridized carbons (Fsp3) is 0.222. The van der Waals surface area contributed by atoms with E-state index in [-0.39, 0.29) is 18.3 Å². The lowest BCUT2D eigenvalue weighted by Gasteiger charge is -2.10. The average Bonchev–Trinajstić information content (AvgIpc) is 2.58. The first-order chi connectivity index (χ1) is 11.2. The molecule has 120 valence electrons. The van der Waals surface area contributed by atoms with Gasteiger partial charge in [0.15, 0.2) is 12.4 Å². The summed E-state index contributed by atoms with van der Waals surface area (Å²) < 4.78 is 5.44. The predicted molar refractivity (Wildman–Crippen MR) is 92.1 cm³/mol. The van der Waals surface area contributed by atoms with Crippen LogP contribution in [0, 0.1) is 0 Å². The van der Waals surface area contributed by atoms with Gasteiger partial charge in [0.25, 0.3) is 5.91 Å². The highest BCUT2D eigenvalue weighted by Gasteiger charge is 2.09. The van der Waals surface area contributed by atoms with E-state index in [0.29, 0.717) is 17.9 Å². The number of rotatable bonds is 8. The minimum Gasteiger partial charge on any atom is -0.483 e. The van der Waals surface area contributed by atoms with Crippen molar-refractivity contribution >= 4 is 23.5 Å². The summed E-state index contributed by atoms with van der Waals surface area (Å²) in [6, 6.07) is 16.9. The molecule has 1 N–H and O–H groups in total. The number of hydrogen-bond donors (Lipinski definition) is 1. The molecule has 0 aromatic heterocycles. The van der Waals surface area contributed by atoms with E-state index in [1.54, 1.807) is 36.0 Å². The first kappa shape index (κ1) is 17.1. The molecule has 2 aromatic carbocycles. The second-order valence-electron chi connectivity index (χ2n) is 4.85. The third-order valence-electron chi connectivity index (χ3n) is 3.06. The molecule has 0 saturated carbocycles. The molecule has 23 heavy (non-hydrogen) atoms. The Morgan fingerprint density at radius 3 is 2.48 bits per heavy atom. The molecular formula is C18H19NO3S. The van der Waals surface area contributed by atoms with E-state index < -0.39 is 0 Å². The van der Waals surface area contributed by atoms with Crippen LogP contribution >= 0.6 is 11.8 Å². The minimum absolute atomic E-state index is 0.0831. The van der Waals surface area contributed by atoms with Crippen LogP contribution in [0.15, 0.2) is 59.5 Å². The van der Waals surface area contributed by atoms with E-state index in [9.17, 15) is 9.59 Å². The first-order valence-electron chi connectivity index (χ1n) is 7.34. The lowest BCUT2D eigenvalue weighted by Crippen LogP contribution is -2.30. The van der Waals surface area contributed by atoms with Crippen LogP contribution in [0.2, 0.25) is 0 Å². The molecule has 0 aliphatic carbocycles. The van der Waals surface area contributed by atoms with Crippen molar-refractivity contribution in [3.63, 3.8) is 0 Å². The highest BCUT2D eigenvalue weighted by molar-refractivity contribution is 7.99. The maximum absolute atomic E-state index is 11.8. The Kier molecular flexibility index (Phi) is 6.69. The summed E-state index contributed by atoms with van der Waals surface area (Å²) in [5.74, 6) is 0.950. The summed E-state index contributed by atoms with van der Waals surface area (Å²) in [5.41, 5.74) is 0.486. The SMILES string of the molecule is CC(=O)c1ccccc1OCC(=O)NCCSc1ccccc1. The molecule has 0 saturated heterocycles. The summed E-state index contributed by atoms with van der Waals surface area (Å²) in [4.78, 5) is 24.4. The number of amides is 1. The molecule has 0 fully saturated rings. The van der Waals surface area contributed by atoms with Gasteiger partial charge >= 0.3 is 0 Å². The van der Waals surface area contributed by atoms with Crippen molar-refractivity contribution in [3.05, 3.63) is 60.2 Å². The number of benzene rings is 2. The highest BCUT2D eigenvalue weighted by atomic mass is 32.2. The topological polar surface area (TPSA) is 55.4 Å². The van der Waals surface area contributed by atoms with E-state index in [4.69, 9.17) is 4.74 Å². The number of ketones is 1. The van der Waals surface area contributed by atoms with Crippen LogP contribution in [0.5, 0.6) is 5.75 Å². The van der Waals surface area contributed by atoms with Crippen molar-refractivity contribution in [2.75, 3.05) is 18.9 Å². The molecule has 0 spiro atoms. The number of hydrogen-bond acceptors (Lipinski definition) is 4. The molecule has 0 bridgehead atoms. The molecule has 0 aliphatic rings. The molecule has 2 aromatic rings. The number of Topliss-reactive ketones (excluding diaryl/α,β-unsaturated/α-hetero) is 1. The van der Waals surface area contributed by atoms with Crippen LogP contribution in [0.25, 0.3) is 0 Å². The molecule has 5 heteroatoms. The van der Waals surface area contributed by atoms with Gasteiger partial charge in [-0.25, -0.2) is 0 Å². The van der Waals surface area contributed by atoms with E-state index in [1.165, 1.54) is 11.8 Å². The van der Waals surface area contributed by atoms with Gasteiger partial charge in [0.2, 0.25) is 0 Å². The Balaban J connectivity index is 1.70. The van der Waals surface area contributed by atoms with Crippen molar-refractivity contribution in [2.24, 2.45) is 0 Å². The van der Waals surface area contributed by atoms with Crippen molar-refractivity contribution in [1.29, 1.82) is 0 Å². The average molecular weight is 329 g/mol. The Morgan fingerprint density at radius 1 is 1.04 bits per heavy atom. The molecule has 2 rings (SSSR count). The zero-order valence-electron chi connectivity index (χ0n) is 13.0. The zero-order valence-corrected chi connectivity index (χ0v) is 13.8. The van der Waals surface area contributed by atoms with Crippen molar-refractivity contribution in [1.82, 2.24) is 5.32 Å². The van der Waals surface area contributed by atoms with Gasteiger partial charge in [0.05, 0.1) is 5.56 Å². The summed E-state index contributed by atoms with van der Waals surface area (Å²) in [5, 5.41) is 2.80. The minimum atomic E-state index is -0.197. The Morgan fingerprint density at radius 2 is 1.74 bits per heavy atom. The van der Waals surface area contributed by atoms with Gasteiger partial charge in [-0.1, -0.05) is 30.3 Å². The Labute approximate surface area is 140 Å². The van der Waals surface area contributed by atoms with Crippen LogP contribution in [-0.4, -0.2) is 30.6 Å². The van der Waals surface area contributed by atoms with E-state index in [2.05, 4.69) is 5.32 Å². The van der Waals surface area contributed by atoms with E-state index in [1.807, 2.05) is 30.3 Å². The highest BCUT2D eigenvalue weighted by Crippen LogP contribution is 2.18. The molecule has 0 unspecified atom stereocenters. The quantitative estimate of drug-likeness (QED) is 0.459. The fourth-order valence-electron chi connectivity index (χ4n) is 1.95. The number of carbonyl (C=O) groups is 2. The van der Waals surface area contributed by atoms with Crippen LogP contribution < -0.4 is 10.1 Å². The van der Waals surface area contributed by atoms with E-state index in [0.717, 1.165) is 5.75 Å². The van der Waals surface area contributed by atoms with Gasteiger partial charge in [-0.3, -0.25) is 9.59 Å². The van der Waals surface area contributed by atoms with Gasteiger partial charge in [0.1, 0.15) is 5.75 Å². The third kappa shape index (κ3) is 5.79. The number of nitrogens with one attached hydrogen (secondary N) is 1. The Bertz CT molecular complexity index is 658. The predicted octanol–water partition coefficient (Wildman–Crippen LogP) is 3.18. The van der Waals surface area contributed by atoms with Crippen molar-refractivity contribution < 1.29 is 14.3 Å². The summed E-state index contributed by atoms with van der Waals surface area (Å²) in [6.07, 6.45) is 0. The van der Waals surface area contributed by atoms with Crippen LogP contribution in [0.4, 0.5) is 0 Å². The lowest BCUT2D eigenvalue weighted by atomic mass is 10.1. The van der Waals surface area contributed by atoms with Crippen molar-refractivity contribution in [3.8, 4) is 5.75 Å². The smallest absolute Gasteiger partial charge is 0.257 e. The standard InChI is InChI=1S/C18H19NO3S/c1-14(20)16-9-5-6-10-17(16)22-13-18(21)19-11-12-23-15-7-3-2-4-8-15/h2-10H,11-13H2,1H3,(H,19,21). The van der Waals surface area contributed by atoms with Gasteiger partial charge < -0.3 is 10.1 Å². The second kappa shape index (κ2) is 9.00. The third-order valence-corrected chi connectivity index (χ3v) is 4.08. The molecule has 0 aliphatic heterocycles. The van der Waals surface area contributed by atoms with E-state index >= 15 is 0 Å². The van der Waals surface area contributed by atoms with Crippen LogP contribution in [-0.2, 0) is 4.79 Å². The summed E-state index contributed by atoms with van der Waals surface area (Å²) in [6.45, 7) is 1.94. The molecule has 4 nitrogen and oxygen atoms in total. The second-order valence-corrected chi connectivity index (χ2v) is 6.02. The summed E-state index contributed by atoms with van der Waals surface area (Å²) in [7, 11) is 0. The van der Waals surface area contributed by atoms with Gasteiger partial charge in [-0.2, -0.15) is 0 Å². The molecule has 0 heterocycles. The molecule has 1 amide bonds. The van der Waals surface area contributed by atoms with Gasteiger partial charge in [0, 0.05) is 17.2 Å². The number of ether oxygens (including phenoxy) is 1. The maximum atomic E-state index is 11.8.